The highest BCUT2D eigenvalue weighted by Gasteiger charge is 2.19. The summed E-state index contributed by atoms with van der Waals surface area (Å²) in [7, 11) is 0. The maximum Gasteiger partial charge on any atom is -0.0136 e. The molecule has 1 aliphatic carbocycles. The van der Waals surface area contributed by atoms with Gasteiger partial charge in [-0.05, 0) is 30.7 Å². The van der Waals surface area contributed by atoms with Gasteiger partial charge in [0.1, 0.15) is 0 Å². The van der Waals surface area contributed by atoms with Crippen molar-refractivity contribution in [1.82, 2.24) is 0 Å². The van der Waals surface area contributed by atoms with Crippen molar-refractivity contribution in [2.24, 2.45) is 5.92 Å². The summed E-state index contributed by atoms with van der Waals surface area (Å²) in [5, 5.41) is 0. The Morgan fingerprint density at radius 2 is 1.83 bits per heavy atom. The van der Waals surface area contributed by atoms with Crippen LogP contribution in [0.15, 0.2) is 36.4 Å². The number of allylic oxidation sites excluding steroid dienone is 1. The third-order valence-electron chi connectivity index (χ3n) is 2.09. The van der Waals surface area contributed by atoms with E-state index in [4.69, 9.17) is 0 Å². The SMILES string of the molecule is [CH](/C=C/c1ccccc1)C1CC1. The first kappa shape index (κ1) is 7.60. The Hall–Kier alpha value is -1.04. The summed E-state index contributed by atoms with van der Waals surface area (Å²) < 4.78 is 0. The van der Waals surface area contributed by atoms with E-state index in [1.807, 2.05) is 6.07 Å². The van der Waals surface area contributed by atoms with E-state index in [2.05, 4.69) is 42.8 Å². The van der Waals surface area contributed by atoms with Gasteiger partial charge < -0.3 is 0 Å². The van der Waals surface area contributed by atoms with Crippen LogP contribution in [0.25, 0.3) is 6.08 Å². The molecule has 0 bridgehead atoms. The zero-order valence-corrected chi connectivity index (χ0v) is 7.11. The van der Waals surface area contributed by atoms with Gasteiger partial charge in [-0.25, -0.2) is 0 Å². The van der Waals surface area contributed by atoms with Gasteiger partial charge in [0.15, 0.2) is 0 Å². The van der Waals surface area contributed by atoms with E-state index in [9.17, 15) is 0 Å². The Balaban J connectivity index is 1.89. The van der Waals surface area contributed by atoms with Crippen molar-refractivity contribution in [3.63, 3.8) is 0 Å². The van der Waals surface area contributed by atoms with Crippen LogP contribution in [0.5, 0.6) is 0 Å². The molecule has 0 unspecified atom stereocenters. The van der Waals surface area contributed by atoms with Gasteiger partial charge in [-0.1, -0.05) is 42.5 Å². The standard InChI is InChI=1S/C12H13/c1-2-5-11(6-3-1)7-4-8-12-9-10-12/h1-8,12H,9-10H2/b7-4+. The first-order chi connectivity index (χ1) is 5.95. The second-order valence-electron chi connectivity index (χ2n) is 3.30. The average Bonchev–Trinajstić information content (AvgIpc) is 2.90. The van der Waals surface area contributed by atoms with Gasteiger partial charge in [0.2, 0.25) is 0 Å². The van der Waals surface area contributed by atoms with Gasteiger partial charge in [0, 0.05) is 0 Å². The van der Waals surface area contributed by atoms with E-state index in [1.165, 1.54) is 18.4 Å². The molecule has 0 amide bonds. The number of hydrogen-bond donors (Lipinski definition) is 0. The van der Waals surface area contributed by atoms with Crippen molar-refractivity contribution in [3.8, 4) is 0 Å². The third kappa shape index (κ3) is 2.23. The Bertz CT molecular complexity index is 255. The summed E-state index contributed by atoms with van der Waals surface area (Å²) in [5.41, 5.74) is 1.29. The van der Waals surface area contributed by atoms with E-state index in [0.29, 0.717) is 0 Å². The zero-order valence-electron chi connectivity index (χ0n) is 7.11. The highest BCUT2D eigenvalue weighted by molar-refractivity contribution is 5.50. The van der Waals surface area contributed by atoms with Crippen LogP contribution in [-0.4, -0.2) is 0 Å². The fraction of sp³-hybridized carbons (Fsp3) is 0.250. The van der Waals surface area contributed by atoms with Crippen molar-refractivity contribution in [1.29, 1.82) is 0 Å². The van der Waals surface area contributed by atoms with Crippen molar-refractivity contribution in [2.75, 3.05) is 0 Å². The molecule has 0 saturated heterocycles. The highest BCUT2D eigenvalue weighted by Crippen LogP contribution is 2.31. The lowest BCUT2D eigenvalue weighted by molar-refractivity contribution is 1.05. The lowest BCUT2D eigenvalue weighted by Crippen LogP contribution is -1.72. The summed E-state index contributed by atoms with van der Waals surface area (Å²) >= 11 is 0. The van der Waals surface area contributed by atoms with Crippen LogP contribution >= 0.6 is 0 Å². The molecule has 1 saturated carbocycles. The second kappa shape index (κ2) is 3.57. The Morgan fingerprint density at radius 1 is 1.08 bits per heavy atom. The van der Waals surface area contributed by atoms with E-state index in [0.717, 1.165) is 5.92 Å². The lowest BCUT2D eigenvalue weighted by Gasteiger charge is -1.90. The van der Waals surface area contributed by atoms with Crippen molar-refractivity contribution in [3.05, 3.63) is 48.4 Å². The molecule has 0 aliphatic heterocycles. The molecule has 2 rings (SSSR count). The van der Waals surface area contributed by atoms with E-state index < -0.39 is 0 Å². The largest absolute Gasteiger partial charge is 0.0800 e. The second-order valence-corrected chi connectivity index (χ2v) is 3.30. The van der Waals surface area contributed by atoms with Crippen molar-refractivity contribution in [2.45, 2.75) is 12.8 Å². The van der Waals surface area contributed by atoms with Crippen LogP contribution in [0, 0.1) is 12.3 Å². The Morgan fingerprint density at radius 3 is 2.50 bits per heavy atom. The van der Waals surface area contributed by atoms with Crippen LogP contribution in [0.4, 0.5) is 0 Å². The number of benzene rings is 1. The lowest BCUT2D eigenvalue weighted by atomic mass is 10.2. The van der Waals surface area contributed by atoms with Crippen LogP contribution in [-0.2, 0) is 0 Å². The molecule has 1 aromatic rings. The predicted molar refractivity (Wildman–Crippen MR) is 52.5 cm³/mol. The van der Waals surface area contributed by atoms with Gasteiger partial charge in [-0.3, -0.25) is 0 Å². The summed E-state index contributed by atoms with van der Waals surface area (Å²) in [6.45, 7) is 0. The van der Waals surface area contributed by atoms with E-state index in [1.54, 1.807) is 0 Å². The highest BCUT2D eigenvalue weighted by atomic mass is 14.2. The molecule has 1 radical (unpaired) electrons. The predicted octanol–water partition coefficient (Wildman–Crippen LogP) is 3.31. The molecule has 0 aromatic heterocycles. The molecule has 0 heteroatoms. The molecule has 61 valence electrons. The molecule has 12 heavy (non-hydrogen) atoms. The number of hydrogen-bond acceptors (Lipinski definition) is 0. The van der Waals surface area contributed by atoms with Crippen LogP contribution < -0.4 is 0 Å². The molecule has 0 atom stereocenters. The summed E-state index contributed by atoms with van der Waals surface area (Å²) in [5.74, 6) is 0.880. The van der Waals surface area contributed by atoms with Gasteiger partial charge in [0.05, 0.1) is 0 Å². The van der Waals surface area contributed by atoms with Gasteiger partial charge >= 0.3 is 0 Å². The number of rotatable bonds is 3. The minimum absolute atomic E-state index is 0.880. The van der Waals surface area contributed by atoms with Crippen molar-refractivity contribution >= 4 is 6.08 Å². The summed E-state index contributed by atoms with van der Waals surface area (Å²) in [6, 6.07) is 10.4. The van der Waals surface area contributed by atoms with Gasteiger partial charge in [0.25, 0.3) is 0 Å². The maximum absolute atomic E-state index is 2.30. The van der Waals surface area contributed by atoms with Gasteiger partial charge in [-0.15, -0.1) is 0 Å². The zero-order chi connectivity index (χ0) is 8.23. The van der Waals surface area contributed by atoms with Crippen LogP contribution in [0.1, 0.15) is 18.4 Å². The maximum atomic E-state index is 2.30. The Kier molecular flexibility index (Phi) is 2.26. The summed E-state index contributed by atoms with van der Waals surface area (Å²) in [4.78, 5) is 0. The molecular weight excluding hydrogens is 144 g/mol. The Labute approximate surface area is 73.9 Å². The molecule has 1 aromatic carbocycles. The first-order valence-electron chi connectivity index (χ1n) is 4.52. The van der Waals surface area contributed by atoms with E-state index in [-0.39, 0.29) is 0 Å². The molecule has 1 fully saturated rings. The summed E-state index contributed by atoms with van der Waals surface area (Å²) in [6.07, 6.45) is 9.41. The normalized spacial score (nSPS) is 17.0. The topological polar surface area (TPSA) is 0 Å². The molecule has 0 heterocycles. The average molecular weight is 157 g/mol. The minimum Gasteiger partial charge on any atom is -0.0800 e. The fourth-order valence-corrected chi connectivity index (χ4v) is 1.18. The molecular formula is C12H13. The monoisotopic (exact) mass is 157 g/mol. The van der Waals surface area contributed by atoms with Crippen LogP contribution in [0.3, 0.4) is 0 Å². The third-order valence-corrected chi connectivity index (χ3v) is 2.09. The van der Waals surface area contributed by atoms with Gasteiger partial charge in [-0.2, -0.15) is 0 Å². The van der Waals surface area contributed by atoms with Crippen LogP contribution in [0.2, 0.25) is 0 Å². The smallest absolute Gasteiger partial charge is 0.0136 e. The first-order valence-corrected chi connectivity index (χ1v) is 4.52. The fourth-order valence-electron chi connectivity index (χ4n) is 1.18. The quantitative estimate of drug-likeness (QED) is 0.631. The molecule has 0 N–H and O–H groups in total. The molecule has 1 aliphatic rings. The minimum atomic E-state index is 0.880. The molecule has 0 nitrogen and oxygen atoms in total. The van der Waals surface area contributed by atoms with E-state index >= 15 is 0 Å². The van der Waals surface area contributed by atoms with Crippen molar-refractivity contribution < 1.29 is 0 Å². The molecule has 0 spiro atoms.